The average molecular weight is 249 g/mol. The van der Waals surface area contributed by atoms with Gasteiger partial charge in [0.25, 0.3) is 0 Å². The van der Waals surface area contributed by atoms with Gasteiger partial charge in [-0.3, -0.25) is 4.79 Å². The second-order valence-corrected chi connectivity index (χ2v) is 4.24. The summed E-state index contributed by atoms with van der Waals surface area (Å²) in [6, 6.07) is 3.54. The summed E-state index contributed by atoms with van der Waals surface area (Å²) >= 11 is 0. The topological polar surface area (TPSA) is 106 Å². The van der Waals surface area contributed by atoms with E-state index in [0.717, 1.165) is 0 Å². The minimum absolute atomic E-state index is 0.0913. The van der Waals surface area contributed by atoms with Gasteiger partial charge in [0, 0.05) is 6.04 Å². The second-order valence-electron chi connectivity index (χ2n) is 4.24. The average Bonchev–Trinajstić information content (AvgIpc) is 2.77. The lowest BCUT2D eigenvalue weighted by molar-refractivity contribution is -0.119. The molecule has 18 heavy (non-hydrogen) atoms. The number of nitrogens with one attached hydrogen (secondary N) is 2. The van der Waals surface area contributed by atoms with Crippen molar-refractivity contribution in [3.05, 3.63) is 12.1 Å². The maximum atomic E-state index is 11.5. The molecule has 0 radical (unpaired) electrons. The lowest BCUT2D eigenvalue weighted by Crippen LogP contribution is -2.34. The van der Waals surface area contributed by atoms with Gasteiger partial charge in [0.2, 0.25) is 5.91 Å². The van der Waals surface area contributed by atoms with E-state index in [9.17, 15) is 4.79 Å². The minimum Gasteiger partial charge on any atom is -0.397 e. The van der Waals surface area contributed by atoms with Crippen LogP contribution in [0.5, 0.6) is 0 Å². The van der Waals surface area contributed by atoms with Gasteiger partial charge in [-0.05, 0) is 36.3 Å². The van der Waals surface area contributed by atoms with E-state index in [-0.39, 0.29) is 18.5 Å². The first-order chi connectivity index (χ1) is 8.58. The smallest absolute Gasteiger partial charge is 0.239 e. The molecule has 96 valence electrons. The van der Waals surface area contributed by atoms with E-state index in [1.165, 1.54) is 0 Å². The van der Waals surface area contributed by atoms with Gasteiger partial charge in [-0.25, -0.2) is 4.63 Å². The van der Waals surface area contributed by atoms with E-state index >= 15 is 0 Å². The Morgan fingerprint density at radius 2 is 2.11 bits per heavy atom. The quantitative estimate of drug-likeness (QED) is 0.690. The van der Waals surface area contributed by atoms with Gasteiger partial charge in [0.15, 0.2) is 11.0 Å². The Bertz CT molecular complexity index is 564. The highest BCUT2D eigenvalue weighted by Crippen LogP contribution is 2.24. The van der Waals surface area contributed by atoms with Crippen molar-refractivity contribution in [2.45, 2.75) is 19.9 Å². The van der Waals surface area contributed by atoms with Gasteiger partial charge in [0.05, 0.1) is 17.9 Å². The van der Waals surface area contributed by atoms with Gasteiger partial charge < -0.3 is 16.4 Å². The summed E-state index contributed by atoms with van der Waals surface area (Å²) in [5, 5.41) is 13.2. The van der Waals surface area contributed by atoms with Gasteiger partial charge in [-0.1, -0.05) is 0 Å². The number of nitrogens with zero attached hydrogens (tertiary/aromatic N) is 2. The molecule has 0 saturated carbocycles. The molecule has 1 amide bonds. The Hall–Kier alpha value is -2.31. The third kappa shape index (κ3) is 2.50. The van der Waals surface area contributed by atoms with Gasteiger partial charge in [0.1, 0.15) is 0 Å². The molecule has 1 heterocycles. The number of hydrogen-bond acceptors (Lipinski definition) is 6. The standard InChI is InChI=1S/C11H15N5O2/c1-6(2)14-9(17)5-13-8-4-3-7(12)10-11(8)16-18-15-10/h3-4,6,13H,5,12H2,1-2H3,(H,14,17). The van der Waals surface area contributed by atoms with E-state index in [0.29, 0.717) is 22.4 Å². The molecule has 7 heteroatoms. The molecule has 4 N–H and O–H groups in total. The maximum Gasteiger partial charge on any atom is 0.239 e. The highest BCUT2D eigenvalue weighted by Gasteiger charge is 2.11. The molecule has 0 aliphatic carbocycles. The first kappa shape index (κ1) is 12.2. The number of benzene rings is 1. The molecule has 1 aromatic heterocycles. The van der Waals surface area contributed by atoms with Gasteiger partial charge in [-0.15, -0.1) is 0 Å². The van der Waals surface area contributed by atoms with E-state index in [2.05, 4.69) is 25.6 Å². The molecule has 1 aromatic carbocycles. The SMILES string of the molecule is CC(C)NC(=O)CNc1ccc(N)c2nonc12. The minimum atomic E-state index is -0.0913. The van der Waals surface area contributed by atoms with Crippen LogP contribution in [0.1, 0.15) is 13.8 Å². The van der Waals surface area contributed by atoms with Crippen LogP contribution in [0.4, 0.5) is 11.4 Å². The third-order valence-electron chi connectivity index (χ3n) is 2.34. The van der Waals surface area contributed by atoms with Crippen LogP contribution in [0.2, 0.25) is 0 Å². The van der Waals surface area contributed by atoms with Crippen molar-refractivity contribution >= 4 is 28.3 Å². The van der Waals surface area contributed by atoms with E-state index < -0.39 is 0 Å². The molecule has 0 saturated heterocycles. The highest BCUT2D eigenvalue weighted by atomic mass is 16.6. The van der Waals surface area contributed by atoms with Crippen LogP contribution in [0.25, 0.3) is 11.0 Å². The number of nitrogen functional groups attached to an aromatic ring is 1. The Labute approximate surface area is 104 Å². The zero-order valence-electron chi connectivity index (χ0n) is 10.2. The number of amides is 1. The summed E-state index contributed by atoms with van der Waals surface area (Å²) in [5.41, 5.74) is 7.89. The van der Waals surface area contributed by atoms with Crippen LogP contribution in [0.3, 0.4) is 0 Å². The molecule has 2 rings (SSSR count). The van der Waals surface area contributed by atoms with Crippen LogP contribution >= 0.6 is 0 Å². The predicted molar refractivity (Wildman–Crippen MR) is 68.0 cm³/mol. The molecule has 0 fully saturated rings. The van der Waals surface area contributed by atoms with Crippen molar-refractivity contribution in [2.75, 3.05) is 17.6 Å². The monoisotopic (exact) mass is 249 g/mol. The summed E-state index contributed by atoms with van der Waals surface area (Å²) in [7, 11) is 0. The Kier molecular flexibility index (Phi) is 3.31. The normalized spacial score (nSPS) is 10.8. The van der Waals surface area contributed by atoms with Crippen molar-refractivity contribution < 1.29 is 9.42 Å². The van der Waals surface area contributed by atoms with Crippen molar-refractivity contribution in [1.82, 2.24) is 15.6 Å². The number of aromatic nitrogens is 2. The number of carbonyl (C=O) groups excluding carboxylic acids is 1. The number of hydrogen-bond donors (Lipinski definition) is 3. The van der Waals surface area contributed by atoms with E-state index in [1.807, 2.05) is 13.8 Å². The molecule has 0 atom stereocenters. The largest absolute Gasteiger partial charge is 0.397 e. The van der Waals surface area contributed by atoms with Crippen LogP contribution in [0.15, 0.2) is 16.8 Å². The van der Waals surface area contributed by atoms with Crippen LogP contribution in [-0.4, -0.2) is 28.8 Å². The van der Waals surface area contributed by atoms with E-state index in [1.54, 1.807) is 12.1 Å². The summed E-state index contributed by atoms with van der Waals surface area (Å²) in [6.07, 6.45) is 0. The fraction of sp³-hybridized carbons (Fsp3) is 0.364. The van der Waals surface area contributed by atoms with E-state index in [4.69, 9.17) is 5.73 Å². The van der Waals surface area contributed by atoms with Crippen molar-refractivity contribution in [3.8, 4) is 0 Å². The molecule has 0 aliphatic heterocycles. The zero-order valence-corrected chi connectivity index (χ0v) is 10.2. The summed E-state index contributed by atoms with van der Waals surface area (Å²) in [6.45, 7) is 3.96. The molecule has 0 aliphatic rings. The molecular weight excluding hydrogens is 234 g/mol. The summed E-state index contributed by atoms with van der Waals surface area (Å²) < 4.78 is 4.64. The summed E-state index contributed by atoms with van der Waals surface area (Å²) in [4.78, 5) is 11.5. The lowest BCUT2D eigenvalue weighted by atomic mass is 10.2. The van der Waals surface area contributed by atoms with Gasteiger partial charge >= 0.3 is 0 Å². The molecular formula is C11H15N5O2. The molecule has 2 aromatic rings. The Morgan fingerprint density at radius 1 is 1.39 bits per heavy atom. The molecule has 7 nitrogen and oxygen atoms in total. The fourth-order valence-electron chi connectivity index (χ4n) is 1.58. The van der Waals surface area contributed by atoms with Crippen LogP contribution in [-0.2, 0) is 4.79 Å². The highest BCUT2D eigenvalue weighted by molar-refractivity contribution is 5.96. The fourth-order valence-corrected chi connectivity index (χ4v) is 1.58. The lowest BCUT2D eigenvalue weighted by Gasteiger charge is -2.10. The van der Waals surface area contributed by atoms with Crippen molar-refractivity contribution in [2.24, 2.45) is 0 Å². The predicted octanol–water partition coefficient (Wildman–Crippen LogP) is 0.741. The molecule has 0 spiro atoms. The van der Waals surface area contributed by atoms with Crippen molar-refractivity contribution in [1.29, 1.82) is 0 Å². The van der Waals surface area contributed by atoms with Gasteiger partial charge in [-0.2, -0.15) is 0 Å². The second kappa shape index (κ2) is 4.91. The zero-order chi connectivity index (χ0) is 13.1. The summed E-state index contributed by atoms with van der Waals surface area (Å²) in [5.74, 6) is -0.0913. The molecule has 0 bridgehead atoms. The third-order valence-corrected chi connectivity index (χ3v) is 2.34. The number of nitrogens with two attached hydrogens (primary N) is 1. The number of carbonyl (C=O) groups is 1. The number of anilines is 2. The first-order valence-electron chi connectivity index (χ1n) is 5.62. The number of rotatable bonds is 4. The Morgan fingerprint density at radius 3 is 2.83 bits per heavy atom. The van der Waals surface area contributed by atoms with Crippen LogP contribution in [0, 0.1) is 0 Å². The molecule has 0 unspecified atom stereocenters. The van der Waals surface area contributed by atoms with Crippen LogP contribution < -0.4 is 16.4 Å². The maximum absolute atomic E-state index is 11.5. The first-order valence-corrected chi connectivity index (χ1v) is 5.62. The Balaban J connectivity index is 2.10. The van der Waals surface area contributed by atoms with Crippen molar-refractivity contribution in [3.63, 3.8) is 0 Å². The number of fused-ring (bicyclic) bond motifs is 1.